The third-order valence-corrected chi connectivity index (χ3v) is 3.86. The van der Waals surface area contributed by atoms with Crippen LogP contribution < -0.4 is 5.43 Å². The van der Waals surface area contributed by atoms with Crippen LogP contribution in [0.3, 0.4) is 0 Å². The minimum absolute atomic E-state index is 0.178. The number of hydrogen-bond acceptors (Lipinski definition) is 4. The molecule has 108 valence electrons. The summed E-state index contributed by atoms with van der Waals surface area (Å²) >= 11 is 4.37. The standard InChI is InChI=1S/C17H16O3S/c1-5-7-11-13(6-2)20-16-12(15(11)19)8-9(3)17(21)14(16)10(4)18/h5-8,21H,2H2,1,3-4H3. The van der Waals surface area contributed by atoms with Crippen LogP contribution in [0.2, 0.25) is 0 Å². The number of aryl methyl sites for hydroxylation is 1. The molecule has 0 aliphatic rings. The van der Waals surface area contributed by atoms with Crippen molar-refractivity contribution in [3.8, 4) is 0 Å². The molecule has 4 heteroatoms. The highest BCUT2D eigenvalue weighted by Crippen LogP contribution is 2.29. The largest absolute Gasteiger partial charge is 0.455 e. The Morgan fingerprint density at radius 2 is 2.10 bits per heavy atom. The zero-order valence-corrected chi connectivity index (χ0v) is 13.1. The van der Waals surface area contributed by atoms with E-state index in [1.54, 1.807) is 18.2 Å². The number of allylic oxidation sites excluding steroid dienone is 1. The van der Waals surface area contributed by atoms with Crippen LogP contribution in [0.1, 0.15) is 41.1 Å². The van der Waals surface area contributed by atoms with Crippen molar-refractivity contribution < 1.29 is 9.21 Å². The van der Waals surface area contributed by atoms with Crippen LogP contribution in [0.5, 0.6) is 0 Å². The van der Waals surface area contributed by atoms with Crippen molar-refractivity contribution in [1.82, 2.24) is 0 Å². The van der Waals surface area contributed by atoms with Crippen molar-refractivity contribution in [3.05, 3.63) is 51.4 Å². The molecule has 0 unspecified atom stereocenters. The Kier molecular flexibility index (Phi) is 4.19. The average Bonchev–Trinajstić information content (AvgIpc) is 2.43. The van der Waals surface area contributed by atoms with Gasteiger partial charge in [-0.15, -0.1) is 12.6 Å². The van der Waals surface area contributed by atoms with Gasteiger partial charge in [0.1, 0.15) is 5.76 Å². The van der Waals surface area contributed by atoms with Gasteiger partial charge >= 0.3 is 0 Å². The lowest BCUT2D eigenvalue weighted by molar-refractivity contribution is 0.101. The maximum Gasteiger partial charge on any atom is 0.200 e. The Morgan fingerprint density at radius 3 is 2.62 bits per heavy atom. The van der Waals surface area contributed by atoms with Gasteiger partial charge in [0, 0.05) is 4.90 Å². The van der Waals surface area contributed by atoms with E-state index in [4.69, 9.17) is 4.42 Å². The number of benzene rings is 1. The number of Topliss-reactive ketones (excluding diaryl/α,β-unsaturated/α-hetero) is 1. The summed E-state index contributed by atoms with van der Waals surface area (Å²) in [6.45, 7) is 8.73. The predicted molar refractivity (Wildman–Crippen MR) is 89.3 cm³/mol. The van der Waals surface area contributed by atoms with Crippen LogP contribution in [0.25, 0.3) is 23.1 Å². The molecule has 0 saturated carbocycles. The molecule has 21 heavy (non-hydrogen) atoms. The fourth-order valence-corrected chi connectivity index (χ4v) is 2.61. The highest BCUT2D eigenvalue weighted by atomic mass is 32.1. The van der Waals surface area contributed by atoms with E-state index in [1.165, 1.54) is 13.0 Å². The van der Waals surface area contributed by atoms with Crippen molar-refractivity contribution in [1.29, 1.82) is 0 Å². The molecule has 0 bridgehead atoms. The molecular formula is C17H16O3S. The molecule has 2 rings (SSSR count). The summed E-state index contributed by atoms with van der Waals surface area (Å²) in [6, 6.07) is 1.70. The van der Waals surface area contributed by atoms with E-state index in [9.17, 15) is 9.59 Å². The second-order valence-electron chi connectivity index (χ2n) is 4.76. The van der Waals surface area contributed by atoms with Crippen LogP contribution >= 0.6 is 12.6 Å². The first-order valence-electron chi connectivity index (χ1n) is 6.51. The first-order valence-corrected chi connectivity index (χ1v) is 6.96. The van der Waals surface area contributed by atoms with Gasteiger partial charge in [0.25, 0.3) is 0 Å². The summed E-state index contributed by atoms with van der Waals surface area (Å²) in [4.78, 5) is 25.1. The average molecular weight is 300 g/mol. The summed E-state index contributed by atoms with van der Waals surface area (Å²) in [6.07, 6.45) is 4.91. The number of ketones is 1. The molecule has 1 aromatic heterocycles. The Hall–Kier alpha value is -2.07. The second kappa shape index (κ2) is 5.74. The third kappa shape index (κ3) is 2.47. The van der Waals surface area contributed by atoms with Crippen molar-refractivity contribution in [2.75, 3.05) is 0 Å². The van der Waals surface area contributed by atoms with Crippen LogP contribution in [0, 0.1) is 6.92 Å². The molecule has 1 heterocycles. The van der Waals surface area contributed by atoms with Crippen molar-refractivity contribution >= 4 is 41.5 Å². The molecule has 2 aromatic rings. The minimum atomic E-state index is -0.189. The van der Waals surface area contributed by atoms with Gasteiger partial charge in [-0.1, -0.05) is 18.7 Å². The number of hydrogen-bond donors (Lipinski definition) is 1. The Bertz CT molecular complexity index is 841. The summed E-state index contributed by atoms with van der Waals surface area (Å²) in [5, 5.41) is 0.384. The number of rotatable bonds is 3. The van der Waals surface area contributed by atoms with Gasteiger partial charge < -0.3 is 4.42 Å². The van der Waals surface area contributed by atoms with Crippen LogP contribution in [-0.2, 0) is 0 Å². The zero-order chi connectivity index (χ0) is 15.7. The van der Waals surface area contributed by atoms with E-state index >= 15 is 0 Å². The number of fused-ring (bicyclic) bond motifs is 1. The molecule has 3 nitrogen and oxygen atoms in total. The number of carbonyl (C=O) groups excluding carboxylic acids is 1. The number of thiol groups is 1. The lowest BCUT2D eigenvalue weighted by atomic mass is 10.0. The molecule has 0 spiro atoms. The maximum atomic E-state index is 12.6. The lowest BCUT2D eigenvalue weighted by Gasteiger charge is -2.11. The van der Waals surface area contributed by atoms with Gasteiger partial charge in [0.15, 0.2) is 11.4 Å². The van der Waals surface area contributed by atoms with Gasteiger partial charge in [0.2, 0.25) is 5.43 Å². The quantitative estimate of drug-likeness (QED) is 0.680. The Balaban J connectivity index is 3.11. The van der Waals surface area contributed by atoms with Crippen LogP contribution in [0.4, 0.5) is 0 Å². The topological polar surface area (TPSA) is 47.3 Å². The first kappa shape index (κ1) is 15.3. The normalized spacial score (nSPS) is 11.2. The van der Waals surface area contributed by atoms with E-state index in [0.717, 1.165) is 5.56 Å². The highest BCUT2D eigenvalue weighted by molar-refractivity contribution is 7.80. The fraction of sp³-hybridized carbons (Fsp3) is 0.176. The van der Waals surface area contributed by atoms with Crippen LogP contribution in [0.15, 0.2) is 32.8 Å². The lowest BCUT2D eigenvalue weighted by Crippen LogP contribution is -2.10. The molecule has 0 atom stereocenters. The third-order valence-electron chi connectivity index (χ3n) is 3.28. The SMILES string of the molecule is C=Cc1oc2c(C(C)=O)c(S)c(C)cc2c(=O)c1C=CC. The molecule has 0 N–H and O–H groups in total. The monoisotopic (exact) mass is 300 g/mol. The van der Waals surface area contributed by atoms with Crippen molar-refractivity contribution in [2.24, 2.45) is 0 Å². The fourth-order valence-electron chi connectivity index (χ4n) is 2.29. The summed E-state index contributed by atoms with van der Waals surface area (Å²) < 4.78 is 5.76. The van der Waals surface area contributed by atoms with Crippen LogP contribution in [-0.4, -0.2) is 5.78 Å². The summed E-state index contributed by atoms with van der Waals surface area (Å²) in [5.74, 6) is 0.162. The first-order chi connectivity index (χ1) is 9.92. The molecule has 0 amide bonds. The van der Waals surface area contributed by atoms with Crippen molar-refractivity contribution in [3.63, 3.8) is 0 Å². The Morgan fingerprint density at radius 1 is 1.43 bits per heavy atom. The molecule has 0 radical (unpaired) electrons. The molecule has 0 aliphatic carbocycles. The van der Waals surface area contributed by atoms with Gasteiger partial charge in [-0.3, -0.25) is 9.59 Å². The van der Waals surface area contributed by atoms with E-state index in [1.807, 2.05) is 13.8 Å². The second-order valence-corrected chi connectivity index (χ2v) is 5.21. The van der Waals surface area contributed by atoms with Gasteiger partial charge in [-0.25, -0.2) is 0 Å². The maximum absolute atomic E-state index is 12.6. The highest BCUT2D eigenvalue weighted by Gasteiger charge is 2.19. The van der Waals surface area contributed by atoms with E-state index in [0.29, 0.717) is 27.2 Å². The molecule has 0 saturated heterocycles. The van der Waals surface area contributed by atoms with Gasteiger partial charge in [-0.2, -0.15) is 0 Å². The summed E-state index contributed by atoms with van der Waals surface area (Å²) in [5.41, 5.74) is 1.62. The van der Waals surface area contributed by atoms with Gasteiger partial charge in [0.05, 0.1) is 16.5 Å². The number of carbonyl (C=O) groups is 1. The Labute approximate surface area is 128 Å². The molecular weight excluding hydrogens is 284 g/mol. The van der Waals surface area contributed by atoms with E-state index in [2.05, 4.69) is 19.2 Å². The molecule has 0 fully saturated rings. The van der Waals surface area contributed by atoms with Crippen molar-refractivity contribution in [2.45, 2.75) is 25.7 Å². The van der Waals surface area contributed by atoms with E-state index in [-0.39, 0.29) is 16.8 Å². The van der Waals surface area contributed by atoms with E-state index < -0.39 is 0 Å². The van der Waals surface area contributed by atoms with Gasteiger partial charge in [-0.05, 0) is 38.5 Å². The minimum Gasteiger partial charge on any atom is -0.455 e. The molecule has 0 aliphatic heterocycles. The predicted octanol–water partition coefficient (Wildman–Crippen LogP) is 4.27. The summed E-state index contributed by atoms with van der Waals surface area (Å²) in [7, 11) is 0. The molecule has 1 aromatic carbocycles. The smallest absolute Gasteiger partial charge is 0.200 e. The zero-order valence-electron chi connectivity index (χ0n) is 12.2.